The van der Waals surface area contributed by atoms with Gasteiger partial charge in [0.25, 0.3) is 0 Å². The summed E-state index contributed by atoms with van der Waals surface area (Å²) in [5, 5.41) is 20.8. The normalized spacial score (nSPS) is 30.9. The number of amides is 1. The third-order valence-corrected chi connectivity index (χ3v) is 6.14. The van der Waals surface area contributed by atoms with Crippen LogP contribution in [0.5, 0.6) is 0 Å². The zero-order chi connectivity index (χ0) is 19.8. The zero-order valence-electron chi connectivity index (χ0n) is 16.7. The van der Waals surface area contributed by atoms with Crippen molar-refractivity contribution in [2.45, 2.75) is 77.4 Å². The number of hydrogen-bond acceptors (Lipinski definition) is 3. The standard InChI is InChI=1S/C23H35NO3/c1-3-4-8-16(2)21(25)12-11-19-20-14-17(13-18(20)15-22(19)26)9-6-5-7-10-23(24)27/h9,11-12,16,18-22,25-26H,5-8,10,13-15H2,1-2H3,(H2,24,27)/b12-11+,17-9+/t16-,18-,19+,20-,21+,22+/m0/s1. The molecule has 0 aromatic heterocycles. The van der Waals surface area contributed by atoms with E-state index < -0.39 is 6.10 Å². The summed E-state index contributed by atoms with van der Waals surface area (Å²) in [4.78, 5) is 10.8. The molecule has 0 spiro atoms. The van der Waals surface area contributed by atoms with Crippen LogP contribution in [0.2, 0.25) is 0 Å². The lowest BCUT2D eigenvalue weighted by atomic mass is 9.89. The van der Waals surface area contributed by atoms with E-state index in [-0.39, 0.29) is 23.8 Å². The van der Waals surface area contributed by atoms with Crippen molar-refractivity contribution < 1.29 is 15.0 Å². The third kappa shape index (κ3) is 6.52. The quantitative estimate of drug-likeness (QED) is 0.329. The molecule has 2 aliphatic carbocycles. The van der Waals surface area contributed by atoms with Crippen molar-refractivity contribution in [3.63, 3.8) is 0 Å². The van der Waals surface area contributed by atoms with Gasteiger partial charge >= 0.3 is 0 Å². The van der Waals surface area contributed by atoms with Crippen LogP contribution in [0, 0.1) is 35.5 Å². The van der Waals surface area contributed by atoms with Crippen molar-refractivity contribution in [1.29, 1.82) is 0 Å². The van der Waals surface area contributed by atoms with Crippen molar-refractivity contribution in [3.8, 4) is 11.8 Å². The first kappa shape index (κ1) is 21.7. The van der Waals surface area contributed by atoms with Crippen molar-refractivity contribution in [2.75, 3.05) is 0 Å². The van der Waals surface area contributed by atoms with Gasteiger partial charge < -0.3 is 15.9 Å². The van der Waals surface area contributed by atoms with Gasteiger partial charge in [-0.15, -0.1) is 11.8 Å². The maximum absolute atomic E-state index is 10.8. The van der Waals surface area contributed by atoms with E-state index in [1.54, 1.807) is 0 Å². The van der Waals surface area contributed by atoms with Crippen LogP contribution in [-0.2, 0) is 4.79 Å². The molecule has 4 N–H and O–H groups in total. The molecule has 0 saturated heterocycles. The summed E-state index contributed by atoms with van der Waals surface area (Å²) >= 11 is 0. The molecule has 2 aliphatic rings. The van der Waals surface area contributed by atoms with Gasteiger partial charge in [-0.25, -0.2) is 0 Å². The minimum absolute atomic E-state index is 0.0995. The molecular formula is C23H35NO3. The molecule has 6 atom stereocenters. The molecule has 2 fully saturated rings. The maximum Gasteiger partial charge on any atom is 0.217 e. The summed E-state index contributed by atoms with van der Waals surface area (Å²) in [6.45, 7) is 3.81. The van der Waals surface area contributed by atoms with Gasteiger partial charge in [-0.2, -0.15) is 0 Å². The molecule has 4 heteroatoms. The zero-order valence-corrected chi connectivity index (χ0v) is 16.7. The van der Waals surface area contributed by atoms with Crippen molar-refractivity contribution in [3.05, 3.63) is 23.8 Å². The average Bonchev–Trinajstić information content (AvgIpc) is 3.13. The van der Waals surface area contributed by atoms with Crippen LogP contribution in [0.4, 0.5) is 0 Å². The molecule has 0 aliphatic heterocycles. The molecule has 27 heavy (non-hydrogen) atoms. The Balaban J connectivity index is 1.85. The maximum atomic E-state index is 10.8. The smallest absolute Gasteiger partial charge is 0.217 e. The largest absolute Gasteiger partial charge is 0.392 e. The summed E-state index contributed by atoms with van der Waals surface area (Å²) in [5.74, 6) is 6.92. The van der Waals surface area contributed by atoms with Crippen LogP contribution >= 0.6 is 0 Å². The number of carbonyl (C=O) groups is 1. The van der Waals surface area contributed by atoms with Gasteiger partial charge in [-0.1, -0.05) is 30.7 Å². The molecule has 0 aromatic rings. The molecular weight excluding hydrogens is 338 g/mol. The van der Waals surface area contributed by atoms with Crippen LogP contribution in [0.3, 0.4) is 0 Å². The highest BCUT2D eigenvalue weighted by atomic mass is 16.3. The topological polar surface area (TPSA) is 83.5 Å². The lowest BCUT2D eigenvalue weighted by Crippen LogP contribution is -2.19. The summed E-state index contributed by atoms with van der Waals surface area (Å²) in [6, 6.07) is 0. The van der Waals surface area contributed by atoms with E-state index >= 15 is 0 Å². The molecule has 0 unspecified atom stereocenters. The second-order valence-corrected chi connectivity index (χ2v) is 8.27. The first-order chi connectivity index (χ1) is 12.9. The number of carbonyl (C=O) groups excluding carboxylic acids is 1. The number of unbranched alkanes of at least 4 members (excludes halogenated alkanes) is 2. The van der Waals surface area contributed by atoms with Gasteiger partial charge in [0.05, 0.1) is 12.2 Å². The Hall–Kier alpha value is -1.57. The van der Waals surface area contributed by atoms with E-state index in [4.69, 9.17) is 5.73 Å². The Bertz CT molecular complexity index is 613. The van der Waals surface area contributed by atoms with Crippen LogP contribution in [0.1, 0.15) is 65.2 Å². The Morgan fingerprint density at radius 1 is 1.37 bits per heavy atom. The average molecular weight is 374 g/mol. The second-order valence-electron chi connectivity index (χ2n) is 8.27. The van der Waals surface area contributed by atoms with E-state index in [9.17, 15) is 15.0 Å². The number of hydrogen-bond donors (Lipinski definition) is 3. The van der Waals surface area contributed by atoms with E-state index in [0.717, 1.165) is 38.5 Å². The number of primary amides is 1. The van der Waals surface area contributed by atoms with Crippen LogP contribution < -0.4 is 5.73 Å². The summed E-state index contributed by atoms with van der Waals surface area (Å²) < 4.78 is 0. The highest BCUT2D eigenvalue weighted by molar-refractivity contribution is 5.73. The molecule has 0 radical (unpaired) electrons. The predicted octanol–water partition coefficient (Wildman–Crippen LogP) is 3.33. The lowest BCUT2D eigenvalue weighted by Gasteiger charge is -2.19. The van der Waals surface area contributed by atoms with E-state index in [2.05, 4.69) is 17.9 Å². The van der Waals surface area contributed by atoms with Gasteiger partial charge in [0.15, 0.2) is 0 Å². The summed E-state index contributed by atoms with van der Waals surface area (Å²) in [6.07, 6.45) is 12.4. The molecule has 0 aromatic carbocycles. The number of nitrogens with two attached hydrogens (primary N) is 1. The third-order valence-electron chi connectivity index (χ3n) is 6.14. The second kappa shape index (κ2) is 10.7. The first-order valence-electron chi connectivity index (χ1n) is 10.3. The molecule has 0 bridgehead atoms. The molecule has 150 valence electrons. The number of allylic oxidation sites excluding steroid dienone is 2. The van der Waals surface area contributed by atoms with Crippen molar-refractivity contribution in [1.82, 2.24) is 0 Å². The summed E-state index contributed by atoms with van der Waals surface area (Å²) in [5.41, 5.74) is 6.66. The Morgan fingerprint density at radius 3 is 2.85 bits per heavy atom. The Morgan fingerprint density at radius 2 is 2.15 bits per heavy atom. The van der Waals surface area contributed by atoms with E-state index in [1.165, 1.54) is 5.57 Å². The summed E-state index contributed by atoms with van der Waals surface area (Å²) in [7, 11) is 0. The van der Waals surface area contributed by atoms with E-state index in [1.807, 2.05) is 26.0 Å². The highest BCUT2D eigenvalue weighted by Crippen LogP contribution is 2.50. The van der Waals surface area contributed by atoms with Gasteiger partial charge in [0.2, 0.25) is 5.91 Å². The molecule has 2 saturated carbocycles. The minimum Gasteiger partial charge on any atom is -0.392 e. The van der Waals surface area contributed by atoms with Crippen molar-refractivity contribution >= 4 is 5.91 Å². The van der Waals surface area contributed by atoms with Crippen LogP contribution in [-0.4, -0.2) is 28.3 Å². The lowest BCUT2D eigenvalue weighted by molar-refractivity contribution is -0.118. The Labute approximate surface area is 163 Å². The van der Waals surface area contributed by atoms with Gasteiger partial charge in [-0.3, -0.25) is 4.79 Å². The van der Waals surface area contributed by atoms with Gasteiger partial charge in [0, 0.05) is 18.8 Å². The van der Waals surface area contributed by atoms with E-state index in [0.29, 0.717) is 24.7 Å². The van der Waals surface area contributed by atoms with Crippen molar-refractivity contribution in [2.24, 2.45) is 29.4 Å². The molecule has 0 heterocycles. The first-order valence-corrected chi connectivity index (χ1v) is 10.3. The fourth-order valence-corrected chi connectivity index (χ4v) is 4.51. The Kier molecular flexibility index (Phi) is 8.60. The fourth-order valence-electron chi connectivity index (χ4n) is 4.51. The number of rotatable bonds is 9. The monoisotopic (exact) mass is 373 g/mol. The van der Waals surface area contributed by atoms with Gasteiger partial charge in [-0.05, 0) is 63.2 Å². The predicted molar refractivity (Wildman–Crippen MR) is 108 cm³/mol. The minimum atomic E-state index is -0.515. The van der Waals surface area contributed by atoms with Crippen LogP contribution in [0.25, 0.3) is 0 Å². The van der Waals surface area contributed by atoms with Crippen LogP contribution in [0.15, 0.2) is 23.8 Å². The number of fused-ring (bicyclic) bond motifs is 1. The molecule has 4 nitrogen and oxygen atoms in total. The fraction of sp³-hybridized carbons (Fsp3) is 0.696. The SMILES string of the molecule is CC#CC[C@H](C)[C@H](O)/C=C/[C@@H]1[C@H]2C/C(=C/CCCCC(N)=O)C[C@H]2C[C@H]1O. The van der Waals surface area contributed by atoms with Gasteiger partial charge in [0.1, 0.15) is 0 Å². The number of aliphatic hydroxyl groups is 2. The number of aliphatic hydroxyl groups excluding tert-OH is 2. The molecule has 2 rings (SSSR count). The highest BCUT2D eigenvalue weighted by Gasteiger charge is 2.44. The molecule has 1 amide bonds.